The largest absolute Gasteiger partial charge is 0.355 e. The van der Waals surface area contributed by atoms with Gasteiger partial charge in [-0.3, -0.25) is 4.79 Å². The number of hydrogen-bond donors (Lipinski definition) is 1. The van der Waals surface area contributed by atoms with Gasteiger partial charge in [0.2, 0.25) is 5.91 Å². The third-order valence-electron chi connectivity index (χ3n) is 5.89. The number of nitrogens with zero attached hydrogens (tertiary/aromatic N) is 1. The van der Waals surface area contributed by atoms with E-state index in [-0.39, 0.29) is 5.91 Å². The molecule has 0 aliphatic rings. The minimum absolute atomic E-state index is 0.221. The van der Waals surface area contributed by atoms with Crippen LogP contribution < -0.4 is 5.32 Å². The fourth-order valence-corrected chi connectivity index (χ4v) is 3.87. The van der Waals surface area contributed by atoms with E-state index in [1.807, 2.05) is 14.1 Å². The fourth-order valence-electron chi connectivity index (χ4n) is 3.87. The highest BCUT2D eigenvalue weighted by atomic mass is 16.1. The summed E-state index contributed by atoms with van der Waals surface area (Å²) in [4.78, 5) is 13.8. The molecule has 29 heavy (non-hydrogen) atoms. The molecule has 0 spiro atoms. The van der Waals surface area contributed by atoms with Crippen molar-refractivity contribution in [3.8, 4) is 0 Å². The number of nitrogens with one attached hydrogen (secondary N) is 1. The van der Waals surface area contributed by atoms with Crippen molar-refractivity contribution in [3.63, 3.8) is 0 Å². The van der Waals surface area contributed by atoms with Gasteiger partial charge in [0.25, 0.3) is 0 Å². The molecule has 0 aliphatic carbocycles. The summed E-state index contributed by atoms with van der Waals surface area (Å²) in [5.74, 6) is 0.221. The Morgan fingerprint density at radius 1 is 0.586 bits per heavy atom. The first kappa shape index (κ1) is 28.4. The Morgan fingerprint density at radius 2 is 0.931 bits per heavy atom. The van der Waals surface area contributed by atoms with Gasteiger partial charge in [0.1, 0.15) is 0 Å². The molecule has 0 unspecified atom stereocenters. The van der Waals surface area contributed by atoms with E-state index >= 15 is 0 Å². The molecule has 1 amide bonds. The molecular weight excluding hydrogens is 356 g/mol. The van der Waals surface area contributed by atoms with Crippen LogP contribution in [0.3, 0.4) is 0 Å². The Balaban J connectivity index is 3.09. The van der Waals surface area contributed by atoms with Crippen molar-refractivity contribution >= 4 is 5.91 Å². The molecule has 0 radical (unpaired) electrons. The number of carbonyl (C=O) groups excluding carboxylic acids is 1. The van der Waals surface area contributed by atoms with Gasteiger partial charge in [0.05, 0.1) is 0 Å². The molecule has 0 bridgehead atoms. The van der Waals surface area contributed by atoms with Crippen molar-refractivity contribution < 1.29 is 4.79 Å². The maximum Gasteiger partial charge on any atom is 0.220 e. The smallest absolute Gasteiger partial charge is 0.220 e. The summed E-state index contributed by atoms with van der Waals surface area (Å²) in [6, 6.07) is 0. The molecule has 3 nitrogen and oxygen atoms in total. The number of amides is 1. The molecule has 0 aromatic heterocycles. The predicted molar refractivity (Wildman–Crippen MR) is 130 cm³/mol. The first-order valence-corrected chi connectivity index (χ1v) is 13.1. The lowest BCUT2D eigenvalue weighted by atomic mass is 10.0. The Hall–Kier alpha value is -0.570. The number of hydrogen-bond acceptors (Lipinski definition) is 2. The monoisotopic (exact) mass is 410 g/mol. The Morgan fingerprint density at radius 3 is 1.28 bits per heavy atom. The molecule has 0 heterocycles. The maximum atomic E-state index is 11.7. The fraction of sp³-hybridized carbons (Fsp3) is 0.962. The summed E-state index contributed by atoms with van der Waals surface area (Å²) in [5, 5.41) is 2.99. The predicted octanol–water partition coefficient (Wildman–Crippen LogP) is 7.49. The van der Waals surface area contributed by atoms with Gasteiger partial charge in [-0.05, 0) is 20.5 Å². The van der Waals surface area contributed by atoms with E-state index in [0.717, 1.165) is 19.5 Å². The van der Waals surface area contributed by atoms with Crippen molar-refractivity contribution in [1.29, 1.82) is 0 Å². The highest BCUT2D eigenvalue weighted by molar-refractivity contribution is 5.75. The Labute approximate surface area is 183 Å². The normalized spacial score (nSPS) is 11.3. The molecule has 0 saturated heterocycles. The second-order valence-electron chi connectivity index (χ2n) is 9.27. The van der Waals surface area contributed by atoms with E-state index < -0.39 is 0 Å². The molecule has 0 aromatic rings. The highest BCUT2D eigenvalue weighted by Gasteiger charge is 2.01. The first-order valence-electron chi connectivity index (χ1n) is 13.1. The molecule has 0 fully saturated rings. The van der Waals surface area contributed by atoms with E-state index in [1.165, 1.54) is 116 Å². The SMILES string of the molecule is CCCCCCCCCCCCCCCCCCCCCC(=O)NCCN(C)C. The van der Waals surface area contributed by atoms with E-state index in [1.54, 1.807) is 0 Å². The summed E-state index contributed by atoms with van der Waals surface area (Å²) in [6.45, 7) is 3.98. The van der Waals surface area contributed by atoms with E-state index in [2.05, 4.69) is 17.1 Å². The summed E-state index contributed by atoms with van der Waals surface area (Å²) >= 11 is 0. The van der Waals surface area contributed by atoms with Gasteiger partial charge >= 0.3 is 0 Å². The van der Waals surface area contributed by atoms with Crippen molar-refractivity contribution in [2.24, 2.45) is 0 Å². The van der Waals surface area contributed by atoms with Gasteiger partial charge < -0.3 is 10.2 Å². The van der Waals surface area contributed by atoms with Crippen LogP contribution in [0.25, 0.3) is 0 Å². The number of rotatable bonds is 23. The van der Waals surface area contributed by atoms with Gasteiger partial charge in [-0.25, -0.2) is 0 Å². The van der Waals surface area contributed by atoms with Gasteiger partial charge in [-0.15, -0.1) is 0 Å². The second-order valence-corrected chi connectivity index (χ2v) is 9.27. The minimum Gasteiger partial charge on any atom is -0.355 e. The Bertz CT molecular complexity index is 331. The van der Waals surface area contributed by atoms with Gasteiger partial charge in [-0.1, -0.05) is 122 Å². The quantitative estimate of drug-likeness (QED) is 0.177. The number of unbranched alkanes of at least 4 members (excludes halogenated alkanes) is 18. The lowest BCUT2D eigenvalue weighted by Crippen LogP contribution is -2.31. The van der Waals surface area contributed by atoms with Crippen LogP contribution in [0.1, 0.15) is 135 Å². The molecular formula is C26H54N2O. The van der Waals surface area contributed by atoms with Crippen LogP contribution in [0, 0.1) is 0 Å². The molecule has 1 N–H and O–H groups in total. The topological polar surface area (TPSA) is 32.3 Å². The molecule has 174 valence electrons. The summed E-state index contributed by atoms with van der Waals surface area (Å²) in [7, 11) is 4.06. The minimum atomic E-state index is 0.221. The third-order valence-corrected chi connectivity index (χ3v) is 5.89. The van der Waals surface area contributed by atoms with E-state index in [0.29, 0.717) is 6.42 Å². The van der Waals surface area contributed by atoms with Crippen molar-refractivity contribution in [3.05, 3.63) is 0 Å². The van der Waals surface area contributed by atoms with Crippen LogP contribution >= 0.6 is 0 Å². The van der Waals surface area contributed by atoms with Crippen molar-refractivity contribution in [2.45, 2.75) is 135 Å². The summed E-state index contributed by atoms with van der Waals surface area (Å²) in [5.41, 5.74) is 0. The number of carbonyl (C=O) groups is 1. The number of likely N-dealkylation sites (N-methyl/N-ethyl adjacent to an activating group) is 1. The zero-order valence-electron chi connectivity index (χ0n) is 20.4. The average molecular weight is 411 g/mol. The zero-order chi connectivity index (χ0) is 21.4. The van der Waals surface area contributed by atoms with Gasteiger partial charge in [-0.2, -0.15) is 0 Å². The van der Waals surface area contributed by atoms with Crippen molar-refractivity contribution in [2.75, 3.05) is 27.2 Å². The third kappa shape index (κ3) is 25.4. The van der Waals surface area contributed by atoms with Crippen molar-refractivity contribution in [1.82, 2.24) is 10.2 Å². The van der Waals surface area contributed by atoms with Crippen LogP contribution in [0.4, 0.5) is 0 Å². The molecule has 0 aromatic carbocycles. The second kappa shape index (κ2) is 23.7. The van der Waals surface area contributed by atoms with Crippen LogP contribution in [-0.2, 0) is 4.79 Å². The first-order chi connectivity index (χ1) is 14.2. The zero-order valence-corrected chi connectivity index (χ0v) is 20.4. The maximum absolute atomic E-state index is 11.7. The van der Waals surface area contributed by atoms with E-state index in [9.17, 15) is 4.79 Å². The standard InChI is InChI=1S/C26H54N2O/c1-4-5-6-7-8-9-10-11-12-13-14-15-16-17-18-19-20-21-22-23-26(29)27-24-25-28(2)3/h4-25H2,1-3H3,(H,27,29). The Kier molecular flexibility index (Phi) is 23.2. The molecule has 0 rings (SSSR count). The van der Waals surface area contributed by atoms with Crippen LogP contribution in [0.2, 0.25) is 0 Å². The van der Waals surface area contributed by atoms with Gasteiger partial charge in [0, 0.05) is 19.5 Å². The highest BCUT2D eigenvalue weighted by Crippen LogP contribution is 2.14. The van der Waals surface area contributed by atoms with E-state index in [4.69, 9.17) is 0 Å². The van der Waals surface area contributed by atoms with Crippen LogP contribution in [-0.4, -0.2) is 38.0 Å². The van der Waals surface area contributed by atoms with Crippen LogP contribution in [0.5, 0.6) is 0 Å². The average Bonchev–Trinajstić information content (AvgIpc) is 2.69. The molecule has 0 atom stereocenters. The molecule has 0 aliphatic heterocycles. The molecule has 0 saturated carbocycles. The molecule has 3 heteroatoms. The lowest BCUT2D eigenvalue weighted by Gasteiger charge is -2.10. The summed E-state index contributed by atoms with van der Waals surface area (Å²) in [6.07, 6.45) is 27.1. The van der Waals surface area contributed by atoms with Gasteiger partial charge in [0.15, 0.2) is 0 Å². The van der Waals surface area contributed by atoms with Crippen LogP contribution in [0.15, 0.2) is 0 Å². The lowest BCUT2D eigenvalue weighted by molar-refractivity contribution is -0.121. The summed E-state index contributed by atoms with van der Waals surface area (Å²) < 4.78 is 0.